The molecule has 3 aliphatic heterocycles. The fourth-order valence-electron chi connectivity index (χ4n) is 12.4. The van der Waals surface area contributed by atoms with Crippen molar-refractivity contribution in [2.45, 2.75) is 121 Å². The highest BCUT2D eigenvalue weighted by Gasteiger charge is 2.51. The van der Waals surface area contributed by atoms with Crippen molar-refractivity contribution in [3.05, 3.63) is 113 Å². The van der Waals surface area contributed by atoms with Crippen molar-refractivity contribution < 1.29 is 0 Å². The average molecular weight is 664 g/mol. The maximum atomic E-state index is 3.70. The number of para-hydroxylation sites is 1. The first kappa shape index (κ1) is 31.4. The summed E-state index contributed by atoms with van der Waals surface area (Å²) in [4.78, 5) is 5.85. The Morgan fingerprint density at radius 2 is 1.72 bits per heavy atom. The first-order chi connectivity index (χ1) is 24.6. The van der Waals surface area contributed by atoms with Crippen LogP contribution in [0, 0.1) is 29.6 Å². The maximum Gasteiger partial charge on any atom is 0.0545 e. The van der Waals surface area contributed by atoms with Crippen molar-refractivity contribution in [1.82, 2.24) is 9.80 Å². The highest BCUT2D eigenvalue weighted by molar-refractivity contribution is 5.84. The Labute approximate surface area is 301 Å². The van der Waals surface area contributed by atoms with Crippen LogP contribution in [0.5, 0.6) is 0 Å². The summed E-state index contributed by atoms with van der Waals surface area (Å²) < 4.78 is 0. The molecule has 9 aliphatic rings. The van der Waals surface area contributed by atoms with Crippen LogP contribution in [0.2, 0.25) is 0 Å². The molecular formula is C47H57N3. The minimum absolute atomic E-state index is 0.528. The van der Waals surface area contributed by atoms with Crippen LogP contribution in [-0.2, 0) is 0 Å². The zero-order chi connectivity index (χ0) is 33.3. The number of fused-ring (bicyclic) bond motifs is 6. The number of likely N-dealkylation sites (tertiary alicyclic amines) is 2. The van der Waals surface area contributed by atoms with E-state index in [1.807, 2.05) is 5.57 Å². The van der Waals surface area contributed by atoms with E-state index in [-0.39, 0.29) is 0 Å². The first-order valence-electron chi connectivity index (χ1n) is 20.6. The maximum absolute atomic E-state index is 3.70. The molecule has 10 rings (SSSR count). The van der Waals surface area contributed by atoms with Gasteiger partial charge in [0.2, 0.25) is 0 Å². The summed E-state index contributed by atoms with van der Waals surface area (Å²) in [6, 6.07) is 9.73. The molecule has 50 heavy (non-hydrogen) atoms. The minimum Gasteiger partial charge on any atom is -0.381 e. The minimum atomic E-state index is 0.528. The van der Waals surface area contributed by atoms with Gasteiger partial charge in [-0.25, -0.2) is 0 Å². The van der Waals surface area contributed by atoms with E-state index in [1.165, 1.54) is 99.6 Å². The number of nitrogens with zero attached hydrogens (tertiary/aromatic N) is 2. The second-order valence-corrected chi connectivity index (χ2v) is 17.2. The van der Waals surface area contributed by atoms with Crippen LogP contribution in [0.15, 0.2) is 101 Å². The third-order valence-electron chi connectivity index (χ3n) is 14.8. The van der Waals surface area contributed by atoms with Gasteiger partial charge in [-0.2, -0.15) is 0 Å². The fourth-order valence-corrected chi connectivity index (χ4v) is 12.4. The summed E-state index contributed by atoms with van der Waals surface area (Å²) in [6.07, 6.45) is 43.4. The Hall–Kier alpha value is -3.30. The number of nitrogens with one attached hydrogen (secondary N) is 1. The van der Waals surface area contributed by atoms with E-state index < -0.39 is 0 Å². The van der Waals surface area contributed by atoms with E-state index in [2.05, 4.69) is 114 Å². The summed E-state index contributed by atoms with van der Waals surface area (Å²) >= 11 is 0. The van der Waals surface area contributed by atoms with Crippen molar-refractivity contribution in [1.29, 1.82) is 0 Å². The van der Waals surface area contributed by atoms with Crippen molar-refractivity contribution in [3.63, 3.8) is 0 Å². The zero-order valence-corrected chi connectivity index (χ0v) is 30.4. The molecular weight excluding hydrogens is 607 g/mol. The van der Waals surface area contributed by atoms with E-state index in [0.29, 0.717) is 53.9 Å². The van der Waals surface area contributed by atoms with Crippen LogP contribution in [0.3, 0.4) is 0 Å². The van der Waals surface area contributed by atoms with Gasteiger partial charge in [-0.3, -0.25) is 4.90 Å². The Kier molecular flexibility index (Phi) is 8.00. The van der Waals surface area contributed by atoms with Crippen molar-refractivity contribution >= 4 is 17.3 Å². The van der Waals surface area contributed by atoms with E-state index in [9.17, 15) is 0 Å². The van der Waals surface area contributed by atoms with Crippen LogP contribution in [0.1, 0.15) is 102 Å². The summed E-state index contributed by atoms with van der Waals surface area (Å²) in [6.45, 7) is 6.02. The van der Waals surface area contributed by atoms with Gasteiger partial charge in [-0.1, -0.05) is 91.5 Å². The molecule has 0 bridgehead atoms. The highest BCUT2D eigenvalue weighted by atomic mass is 15.2. The highest BCUT2D eigenvalue weighted by Crippen LogP contribution is 2.55. The van der Waals surface area contributed by atoms with Gasteiger partial charge in [0.1, 0.15) is 0 Å². The monoisotopic (exact) mass is 663 g/mol. The molecule has 10 atom stereocenters. The molecule has 0 spiro atoms. The second-order valence-electron chi connectivity index (χ2n) is 17.2. The number of rotatable bonds is 4. The Morgan fingerprint density at radius 3 is 2.64 bits per heavy atom. The zero-order valence-electron chi connectivity index (χ0n) is 30.4. The number of hydrogen-bond acceptors (Lipinski definition) is 3. The van der Waals surface area contributed by atoms with Gasteiger partial charge in [0.15, 0.2) is 0 Å². The van der Waals surface area contributed by atoms with Crippen LogP contribution >= 0.6 is 0 Å². The summed E-state index contributed by atoms with van der Waals surface area (Å²) in [5.41, 5.74) is 12.5. The van der Waals surface area contributed by atoms with E-state index in [4.69, 9.17) is 0 Å². The van der Waals surface area contributed by atoms with Crippen molar-refractivity contribution in [3.8, 4) is 0 Å². The van der Waals surface area contributed by atoms with Crippen LogP contribution in [0.25, 0.3) is 11.6 Å². The SMILES string of the molecule is CC1C2=CC(C3C=CC4C(C3)C3=C5C=CCCC5CCC3N4C3=CCCC=C3)CCC2N(C2C=C(c3cccc4c3NCC=C4)CCC2)C1C. The van der Waals surface area contributed by atoms with Gasteiger partial charge in [-0.05, 0) is 136 Å². The predicted molar refractivity (Wildman–Crippen MR) is 209 cm³/mol. The molecule has 1 aromatic carbocycles. The Morgan fingerprint density at radius 1 is 0.800 bits per heavy atom. The van der Waals surface area contributed by atoms with Crippen molar-refractivity contribution in [2.24, 2.45) is 29.6 Å². The quantitative estimate of drug-likeness (QED) is 0.324. The molecule has 3 heterocycles. The number of allylic oxidation sites excluding steroid dienone is 9. The third kappa shape index (κ3) is 5.07. The first-order valence-corrected chi connectivity index (χ1v) is 20.6. The lowest BCUT2D eigenvalue weighted by Crippen LogP contribution is -2.44. The Bertz CT molecular complexity index is 1780. The summed E-state index contributed by atoms with van der Waals surface area (Å²) in [5.74, 6) is 3.43. The van der Waals surface area contributed by atoms with Crippen LogP contribution in [0.4, 0.5) is 5.69 Å². The van der Waals surface area contributed by atoms with Gasteiger partial charge in [0.05, 0.1) is 12.1 Å². The molecule has 3 heteroatoms. The number of anilines is 1. The molecule has 10 unspecified atom stereocenters. The lowest BCUT2D eigenvalue weighted by Gasteiger charge is -2.41. The average Bonchev–Trinajstić information content (AvgIpc) is 3.65. The summed E-state index contributed by atoms with van der Waals surface area (Å²) in [7, 11) is 0. The smallest absolute Gasteiger partial charge is 0.0545 e. The van der Waals surface area contributed by atoms with Gasteiger partial charge in [-0.15, -0.1) is 0 Å². The largest absolute Gasteiger partial charge is 0.381 e. The topological polar surface area (TPSA) is 18.5 Å². The molecule has 2 saturated heterocycles. The molecule has 1 N–H and O–H groups in total. The number of benzene rings is 1. The Balaban J connectivity index is 0.933. The lowest BCUT2D eigenvalue weighted by atomic mass is 9.67. The second kappa shape index (κ2) is 12.7. The summed E-state index contributed by atoms with van der Waals surface area (Å²) in [5, 5.41) is 3.70. The van der Waals surface area contributed by atoms with Gasteiger partial charge >= 0.3 is 0 Å². The molecule has 1 aromatic rings. The van der Waals surface area contributed by atoms with Crippen LogP contribution < -0.4 is 5.32 Å². The van der Waals surface area contributed by atoms with E-state index >= 15 is 0 Å². The molecule has 260 valence electrons. The van der Waals surface area contributed by atoms with Crippen LogP contribution in [-0.4, -0.2) is 46.6 Å². The fraction of sp³-hybridized carbons (Fsp3) is 0.532. The molecule has 0 aromatic heterocycles. The molecule has 0 amide bonds. The lowest BCUT2D eigenvalue weighted by molar-refractivity contribution is 0.136. The standard InChI is InChI=1S/C47H57N3/c1-30-31(2)49(38-17-8-13-36(27-38)40-19-9-12-33-14-10-26-48-47(33)40)43-23-21-34(28-41(30)43)35-22-24-44-42(29-35)46-39-18-7-6-11-32(39)20-25-45(46)50(44)37-15-4-3-5-16-37/h4,7,9-10,12,14-16,18-19,22,24,27-28,30-32,34-35,38,42-45,48H,3,5-6,8,11,13,17,20-21,23,25-26,29H2,1-2H3. The third-order valence-corrected chi connectivity index (χ3v) is 14.8. The molecule has 2 fully saturated rings. The predicted octanol–water partition coefficient (Wildman–Crippen LogP) is 10.6. The van der Waals surface area contributed by atoms with E-state index in [1.54, 1.807) is 16.7 Å². The van der Waals surface area contributed by atoms with Gasteiger partial charge < -0.3 is 10.2 Å². The van der Waals surface area contributed by atoms with Gasteiger partial charge in [0.25, 0.3) is 0 Å². The molecule has 6 aliphatic carbocycles. The molecule has 0 saturated carbocycles. The molecule has 3 nitrogen and oxygen atoms in total. The van der Waals surface area contributed by atoms with E-state index in [0.717, 1.165) is 12.5 Å². The van der Waals surface area contributed by atoms with Gasteiger partial charge in [0, 0.05) is 47.5 Å². The van der Waals surface area contributed by atoms with Crippen molar-refractivity contribution in [2.75, 3.05) is 11.9 Å². The number of hydrogen-bond donors (Lipinski definition) is 1. The normalized spacial score (nSPS) is 38.8. The molecule has 0 radical (unpaired) electrons.